The van der Waals surface area contributed by atoms with Gasteiger partial charge in [-0.05, 0) is 34.1 Å². The highest BCUT2D eigenvalue weighted by Gasteiger charge is 2.14. The van der Waals surface area contributed by atoms with Gasteiger partial charge in [0.05, 0.1) is 11.6 Å². The molecule has 0 radical (unpaired) electrons. The molecule has 0 amide bonds. The minimum Gasteiger partial charge on any atom is -0.383 e. The van der Waals surface area contributed by atoms with Crippen molar-refractivity contribution in [3.05, 3.63) is 28.2 Å². The van der Waals surface area contributed by atoms with Crippen molar-refractivity contribution in [1.29, 1.82) is 5.26 Å². The van der Waals surface area contributed by atoms with E-state index in [0.29, 0.717) is 10.8 Å². The molecule has 0 aromatic heterocycles. The summed E-state index contributed by atoms with van der Waals surface area (Å²) in [6, 6.07) is 7.79. The highest BCUT2D eigenvalue weighted by molar-refractivity contribution is 9.10. The molecule has 1 heterocycles. The monoisotopic (exact) mass is 328 g/mol. The Morgan fingerprint density at radius 1 is 1.47 bits per heavy atom. The molecular formula is C12H13BrN2S2. The fourth-order valence-corrected chi connectivity index (χ4v) is 4.74. The summed E-state index contributed by atoms with van der Waals surface area (Å²) in [5.41, 5.74) is 1.75. The largest absolute Gasteiger partial charge is 0.383 e. The first kappa shape index (κ1) is 13.1. The molecule has 2 rings (SSSR count). The van der Waals surface area contributed by atoms with Gasteiger partial charge >= 0.3 is 0 Å². The Hall–Kier alpha value is -0.310. The van der Waals surface area contributed by atoms with Crippen molar-refractivity contribution in [2.45, 2.75) is 5.25 Å². The van der Waals surface area contributed by atoms with Crippen LogP contribution in [0.15, 0.2) is 22.7 Å². The lowest BCUT2D eigenvalue weighted by molar-refractivity contribution is 1.00. The molecule has 0 bridgehead atoms. The number of hydrogen-bond donors (Lipinski definition) is 1. The third-order valence-electron chi connectivity index (χ3n) is 2.50. The summed E-state index contributed by atoms with van der Waals surface area (Å²) in [6.45, 7) is 0.988. The fraction of sp³-hybridized carbons (Fsp3) is 0.417. The number of nitrogens with one attached hydrogen (secondary N) is 1. The molecule has 1 N–H and O–H groups in total. The highest BCUT2D eigenvalue weighted by Crippen LogP contribution is 2.27. The number of nitriles is 1. The van der Waals surface area contributed by atoms with Crippen LogP contribution in [0.25, 0.3) is 0 Å². The lowest BCUT2D eigenvalue weighted by atomic mass is 10.2. The van der Waals surface area contributed by atoms with E-state index in [9.17, 15) is 0 Å². The van der Waals surface area contributed by atoms with Crippen molar-refractivity contribution in [3.63, 3.8) is 0 Å². The summed E-state index contributed by atoms with van der Waals surface area (Å²) < 4.78 is 0.963. The smallest absolute Gasteiger partial charge is 0.0992 e. The van der Waals surface area contributed by atoms with Gasteiger partial charge in [-0.2, -0.15) is 28.8 Å². The second kappa shape index (κ2) is 6.58. The van der Waals surface area contributed by atoms with Crippen molar-refractivity contribution in [3.8, 4) is 6.07 Å². The molecule has 2 nitrogen and oxygen atoms in total. The van der Waals surface area contributed by atoms with Gasteiger partial charge in [-0.25, -0.2) is 0 Å². The van der Waals surface area contributed by atoms with Gasteiger partial charge in [0.25, 0.3) is 0 Å². The number of halogens is 1. The maximum atomic E-state index is 8.79. The molecule has 1 saturated heterocycles. The maximum absolute atomic E-state index is 8.79. The van der Waals surface area contributed by atoms with Crippen LogP contribution in [0.5, 0.6) is 0 Å². The fourth-order valence-electron chi connectivity index (χ4n) is 1.61. The zero-order valence-corrected chi connectivity index (χ0v) is 12.5. The average Bonchev–Trinajstić information content (AvgIpc) is 2.38. The van der Waals surface area contributed by atoms with Crippen LogP contribution in [-0.4, -0.2) is 29.1 Å². The summed E-state index contributed by atoms with van der Waals surface area (Å²) in [4.78, 5) is 0. The number of nitrogens with zero attached hydrogens (tertiary/aromatic N) is 1. The zero-order valence-electron chi connectivity index (χ0n) is 9.28. The molecule has 0 aliphatic carbocycles. The summed E-state index contributed by atoms with van der Waals surface area (Å²) >= 11 is 7.57. The summed E-state index contributed by atoms with van der Waals surface area (Å²) in [7, 11) is 0. The Morgan fingerprint density at radius 3 is 3.00 bits per heavy atom. The molecule has 1 aliphatic heterocycles. The molecule has 90 valence electrons. The average molecular weight is 329 g/mol. The van der Waals surface area contributed by atoms with E-state index in [-0.39, 0.29) is 0 Å². The predicted molar refractivity (Wildman–Crippen MR) is 80.9 cm³/mol. The molecule has 0 spiro atoms. The lowest BCUT2D eigenvalue weighted by Crippen LogP contribution is -2.23. The first-order chi connectivity index (χ1) is 8.29. The van der Waals surface area contributed by atoms with E-state index in [1.165, 1.54) is 17.3 Å². The van der Waals surface area contributed by atoms with Crippen LogP contribution in [0.3, 0.4) is 0 Å². The number of thioether (sulfide) groups is 2. The van der Waals surface area contributed by atoms with E-state index in [2.05, 4.69) is 27.3 Å². The summed E-state index contributed by atoms with van der Waals surface area (Å²) in [5.74, 6) is 3.76. The molecule has 1 unspecified atom stereocenters. The van der Waals surface area contributed by atoms with Crippen LogP contribution in [-0.2, 0) is 0 Å². The van der Waals surface area contributed by atoms with Gasteiger partial charge in [0.1, 0.15) is 0 Å². The quantitative estimate of drug-likeness (QED) is 0.919. The molecule has 0 saturated carbocycles. The number of benzene rings is 1. The Balaban J connectivity index is 1.92. The van der Waals surface area contributed by atoms with Crippen LogP contribution in [0.1, 0.15) is 5.56 Å². The first-order valence-corrected chi connectivity index (χ1v) is 8.42. The van der Waals surface area contributed by atoms with Crippen LogP contribution in [0.4, 0.5) is 5.69 Å². The van der Waals surface area contributed by atoms with Crippen molar-refractivity contribution in [2.24, 2.45) is 0 Å². The van der Waals surface area contributed by atoms with Crippen molar-refractivity contribution >= 4 is 45.1 Å². The number of hydrogen-bond acceptors (Lipinski definition) is 4. The molecule has 1 fully saturated rings. The molecule has 17 heavy (non-hydrogen) atoms. The lowest BCUT2D eigenvalue weighted by Gasteiger charge is -2.22. The third kappa shape index (κ3) is 3.84. The maximum Gasteiger partial charge on any atom is 0.0992 e. The Bertz CT molecular complexity index is 425. The predicted octanol–water partition coefficient (Wildman–Crippen LogP) is 3.58. The molecule has 1 aliphatic rings. The van der Waals surface area contributed by atoms with Gasteiger partial charge < -0.3 is 5.32 Å². The Kier molecular flexibility index (Phi) is 5.08. The first-order valence-electron chi connectivity index (χ1n) is 5.42. The van der Waals surface area contributed by atoms with E-state index in [1.807, 2.05) is 41.7 Å². The van der Waals surface area contributed by atoms with E-state index < -0.39 is 0 Å². The van der Waals surface area contributed by atoms with Crippen molar-refractivity contribution < 1.29 is 0 Å². The normalized spacial score (nSPS) is 19.6. The van der Waals surface area contributed by atoms with Crippen molar-refractivity contribution in [1.82, 2.24) is 0 Å². The van der Waals surface area contributed by atoms with Gasteiger partial charge in [-0.1, -0.05) is 0 Å². The van der Waals surface area contributed by atoms with E-state index in [1.54, 1.807) is 0 Å². The van der Waals surface area contributed by atoms with Crippen LogP contribution < -0.4 is 5.32 Å². The third-order valence-corrected chi connectivity index (χ3v) is 6.00. The van der Waals surface area contributed by atoms with Gasteiger partial charge in [0.15, 0.2) is 0 Å². The number of anilines is 1. The molecule has 1 aromatic carbocycles. The topological polar surface area (TPSA) is 35.8 Å². The number of rotatable bonds is 3. The van der Waals surface area contributed by atoms with Crippen LogP contribution in [0.2, 0.25) is 0 Å². The molecule has 5 heteroatoms. The molecule has 1 aromatic rings. The highest BCUT2D eigenvalue weighted by atomic mass is 79.9. The van der Waals surface area contributed by atoms with Crippen molar-refractivity contribution in [2.75, 3.05) is 29.1 Å². The van der Waals surface area contributed by atoms with Gasteiger partial charge in [0.2, 0.25) is 0 Å². The molecule has 1 atom stereocenters. The molecular weight excluding hydrogens is 316 g/mol. The SMILES string of the molecule is N#Cc1ccc(NCC2CSCCS2)c(Br)c1. The van der Waals surface area contributed by atoms with Crippen LogP contribution in [0, 0.1) is 11.3 Å². The second-order valence-corrected chi connectivity index (χ2v) is 7.17. The Morgan fingerprint density at radius 2 is 2.35 bits per heavy atom. The van der Waals surface area contributed by atoms with Gasteiger partial charge in [-0.3, -0.25) is 0 Å². The van der Waals surface area contributed by atoms with Gasteiger partial charge in [-0.15, -0.1) is 0 Å². The standard InChI is InChI=1S/C12H13BrN2S2/c13-11-5-9(6-14)1-2-12(11)15-7-10-8-16-3-4-17-10/h1-2,5,10,15H,3-4,7-8H2. The Labute approximate surface area is 119 Å². The van der Waals surface area contributed by atoms with E-state index in [0.717, 1.165) is 16.7 Å². The second-order valence-electron chi connectivity index (χ2n) is 3.76. The minimum absolute atomic E-state index is 0.685. The minimum atomic E-state index is 0.685. The van der Waals surface area contributed by atoms with Crippen LogP contribution >= 0.6 is 39.5 Å². The van der Waals surface area contributed by atoms with E-state index >= 15 is 0 Å². The van der Waals surface area contributed by atoms with Gasteiger partial charge in [0, 0.05) is 39.2 Å². The summed E-state index contributed by atoms with van der Waals surface area (Å²) in [5, 5.41) is 12.9. The van der Waals surface area contributed by atoms with E-state index in [4.69, 9.17) is 5.26 Å². The summed E-state index contributed by atoms with van der Waals surface area (Å²) in [6.07, 6.45) is 0. The zero-order chi connectivity index (χ0) is 12.1.